The summed E-state index contributed by atoms with van der Waals surface area (Å²) in [6.45, 7) is 2.98. The number of ether oxygens (including phenoxy) is 2. The van der Waals surface area contributed by atoms with Crippen LogP contribution < -0.4 is 16.0 Å². The second-order valence-corrected chi connectivity index (χ2v) is 17.4. The largest absolute Gasteiger partial charge is 0.449 e. The molecule has 312 valence electrons. The average Bonchev–Trinajstić information content (AvgIpc) is 3.78. The van der Waals surface area contributed by atoms with E-state index in [0.29, 0.717) is 31.5 Å². The van der Waals surface area contributed by atoms with Crippen molar-refractivity contribution in [3.8, 4) is 22.3 Å². The Morgan fingerprint density at radius 1 is 0.721 bits per heavy atom. The molecule has 0 aliphatic heterocycles. The third-order valence-corrected chi connectivity index (χ3v) is 13.9. The number of carbonyl (C=O) groups excluding carboxylic acids is 4. The summed E-state index contributed by atoms with van der Waals surface area (Å²) in [6.07, 6.45) is 6.25. The number of hydrogen-bond donors (Lipinski definition) is 3. The molecule has 4 aliphatic rings. The number of nitrogens with one attached hydrogen (secondary N) is 3. The molecule has 3 N–H and O–H groups in total. The lowest BCUT2D eigenvalue weighted by Gasteiger charge is -2.49. The number of fused-ring (bicyclic) bond motifs is 9. The number of aryl methyl sites for hydroxylation is 1. The number of unbranched alkanes of at least 4 members (excludes halogenated alkanes) is 1. The third-order valence-electron chi connectivity index (χ3n) is 13.9. The molecule has 1 saturated carbocycles. The number of aldehydes is 1. The molecule has 0 heterocycles. The quantitative estimate of drug-likeness (QED) is 0.0804. The number of hydrogen-bond acceptors (Lipinski definition) is 6. The van der Waals surface area contributed by atoms with Crippen LogP contribution >= 0.6 is 0 Å². The Morgan fingerprint density at radius 2 is 1.28 bits per heavy atom. The first kappa shape index (κ1) is 40.2. The van der Waals surface area contributed by atoms with Crippen molar-refractivity contribution in [2.24, 2.45) is 11.8 Å². The Kier molecular flexibility index (Phi) is 11.5. The molecular formula is C52H53N3O6. The van der Waals surface area contributed by atoms with Crippen LogP contribution in [-0.4, -0.2) is 50.2 Å². The summed E-state index contributed by atoms with van der Waals surface area (Å²) in [5.41, 5.74) is 12.1. The Morgan fingerprint density at radius 3 is 1.85 bits per heavy atom. The molecule has 1 fully saturated rings. The highest BCUT2D eigenvalue weighted by Crippen LogP contribution is 2.52. The topological polar surface area (TPSA) is 123 Å². The molecule has 61 heavy (non-hydrogen) atoms. The van der Waals surface area contributed by atoms with Crippen molar-refractivity contribution >= 4 is 30.1 Å². The van der Waals surface area contributed by atoms with Crippen LogP contribution in [0.25, 0.3) is 22.3 Å². The molecule has 5 aromatic rings. The minimum atomic E-state index is -0.890. The van der Waals surface area contributed by atoms with Crippen molar-refractivity contribution in [3.63, 3.8) is 0 Å². The first-order chi connectivity index (χ1) is 29.8. The summed E-state index contributed by atoms with van der Waals surface area (Å²) in [4.78, 5) is 52.6. The Bertz CT molecular complexity index is 2370. The van der Waals surface area contributed by atoms with Crippen LogP contribution in [0.15, 0.2) is 115 Å². The summed E-state index contributed by atoms with van der Waals surface area (Å²) in [6, 6.07) is 38.0. The van der Waals surface area contributed by atoms with Crippen molar-refractivity contribution in [3.05, 3.63) is 149 Å². The van der Waals surface area contributed by atoms with Gasteiger partial charge in [0, 0.05) is 30.0 Å². The van der Waals surface area contributed by atoms with E-state index in [2.05, 4.69) is 83.5 Å². The molecule has 9 rings (SSSR count). The molecule has 0 radical (unpaired) electrons. The predicted octanol–water partition coefficient (Wildman–Crippen LogP) is 10.1. The minimum absolute atomic E-state index is 0.0308. The maximum Gasteiger partial charge on any atom is 0.407 e. The lowest BCUT2D eigenvalue weighted by atomic mass is 9.55. The summed E-state index contributed by atoms with van der Waals surface area (Å²) in [5.74, 6) is -0.160. The molecule has 9 nitrogen and oxygen atoms in total. The van der Waals surface area contributed by atoms with E-state index in [1.54, 1.807) is 0 Å². The molecule has 3 amide bonds. The van der Waals surface area contributed by atoms with E-state index in [4.69, 9.17) is 9.47 Å². The second kappa shape index (κ2) is 17.4. The van der Waals surface area contributed by atoms with Gasteiger partial charge in [0.25, 0.3) is 0 Å². The lowest BCUT2D eigenvalue weighted by molar-refractivity contribution is -0.118. The van der Waals surface area contributed by atoms with Gasteiger partial charge >= 0.3 is 12.2 Å². The van der Waals surface area contributed by atoms with Gasteiger partial charge in [-0.2, -0.15) is 0 Å². The van der Waals surface area contributed by atoms with E-state index in [-0.39, 0.29) is 48.2 Å². The fourth-order valence-electron chi connectivity index (χ4n) is 10.9. The standard InChI is InChI=1S/C52H53N3O6/c1-52-27-12-13-34(30-56)46(52)26-24-33-23-25-35(29-47(33)52)54-49(57)48(55-51(59)61-32-45-42-20-8-4-16-38(42)39-17-5-9-21-43(39)45)22-10-11-28-53-50(58)60-31-44-40-18-6-2-14-36(40)37-15-3-7-19-41(37)44/h2-9,14-21,23,25,29-30,34,44-46,48H,10-13,22,24,26-28,31-32H2,1H3,(H,53,58)(H,54,57)(H,55,59). The summed E-state index contributed by atoms with van der Waals surface area (Å²) in [5, 5.41) is 8.86. The van der Waals surface area contributed by atoms with Crippen molar-refractivity contribution in [1.29, 1.82) is 0 Å². The fraction of sp³-hybridized carbons (Fsp3) is 0.346. The SMILES string of the molecule is CC12CCCC(C=O)C1CCc1ccc(NC(=O)C(CCCCNC(=O)OCC3c4ccccc4-c4ccccc43)NC(=O)OCC3c4ccccc4-c4ccccc43)cc12. The van der Waals surface area contributed by atoms with Gasteiger partial charge < -0.3 is 30.2 Å². The predicted molar refractivity (Wildman–Crippen MR) is 237 cm³/mol. The molecule has 4 unspecified atom stereocenters. The third kappa shape index (κ3) is 7.94. The highest BCUT2D eigenvalue weighted by molar-refractivity contribution is 5.96. The average molecular weight is 816 g/mol. The van der Waals surface area contributed by atoms with Crippen LogP contribution in [0, 0.1) is 11.8 Å². The fourth-order valence-corrected chi connectivity index (χ4v) is 10.9. The first-order valence-corrected chi connectivity index (χ1v) is 21.9. The zero-order valence-electron chi connectivity index (χ0n) is 34.7. The number of amides is 3. The molecule has 5 aromatic carbocycles. The van der Waals surface area contributed by atoms with E-state index in [9.17, 15) is 19.2 Å². The van der Waals surface area contributed by atoms with Crippen molar-refractivity contribution in [1.82, 2.24) is 10.6 Å². The smallest absolute Gasteiger partial charge is 0.407 e. The van der Waals surface area contributed by atoms with Crippen LogP contribution in [0.2, 0.25) is 0 Å². The van der Waals surface area contributed by atoms with E-state index >= 15 is 0 Å². The van der Waals surface area contributed by atoms with Crippen molar-refractivity contribution in [2.45, 2.75) is 81.6 Å². The van der Waals surface area contributed by atoms with Crippen molar-refractivity contribution < 1.29 is 28.7 Å². The van der Waals surface area contributed by atoms with Gasteiger partial charge in [0.1, 0.15) is 25.5 Å². The Hall–Kier alpha value is -6.22. The van der Waals surface area contributed by atoms with E-state index in [1.165, 1.54) is 22.3 Å². The normalized spacial score (nSPS) is 20.1. The second-order valence-electron chi connectivity index (χ2n) is 17.4. The van der Waals surface area contributed by atoms with Crippen LogP contribution in [0.3, 0.4) is 0 Å². The van der Waals surface area contributed by atoms with E-state index in [1.807, 2.05) is 54.6 Å². The molecule has 0 aromatic heterocycles. The van der Waals surface area contributed by atoms with Crippen LogP contribution in [0.1, 0.15) is 97.1 Å². The zero-order chi connectivity index (χ0) is 41.9. The van der Waals surface area contributed by atoms with E-state index < -0.39 is 18.2 Å². The van der Waals surface area contributed by atoms with Gasteiger partial charge in [-0.15, -0.1) is 0 Å². The monoisotopic (exact) mass is 815 g/mol. The number of anilines is 1. The van der Waals surface area contributed by atoms with Crippen LogP contribution in [-0.2, 0) is 30.9 Å². The van der Waals surface area contributed by atoms with Gasteiger partial charge in [0.05, 0.1) is 0 Å². The Labute approximate surface area is 357 Å². The summed E-state index contributed by atoms with van der Waals surface area (Å²) in [7, 11) is 0. The first-order valence-electron chi connectivity index (χ1n) is 21.9. The highest BCUT2D eigenvalue weighted by atomic mass is 16.6. The molecule has 4 aliphatic carbocycles. The maximum absolute atomic E-state index is 14.1. The van der Waals surface area contributed by atoms with Gasteiger partial charge in [0.2, 0.25) is 5.91 Å². The molecule has 9 heteroatoms. The van der Waals surface area contributed by atoms with Gasteiger partial charge in [-0.1, -0.05) is 116 Å². The summed E-state index contributed by atoms with van der Waals surface area (Å²) < 4.78 is 11.6. The minimum Gasteiger partial charge on any atom is -0.449 e. The summed E-state index contributed by atoms with van der Waals surface area (Å²) >= 11 is 0. The molecule has 0 spiro atoms. The maximum atomic E-state index is 14.1. The van der Waals surface area contributed by atoms with Crippen molar-refractivity contribution in [2.75, 3.05) is 25.1 Å². The highest BCUT2D eigenvalue weighted by Gasteiger charge is 2.46. The number of alkyl carbamates (subject to hydrolysis) is 2. The van der Waals surface area contributed by atoms with E-state index in [0.717, 1.165) is 71.8 Å². The zero-order valence-corrected chi connectivity index (χ0v) is 34.7. The van der Waals surface area contributed by atoms with Gasteiger partial charge in [-0.3, -0.25) is 4.79 Å². The number of carbonyl (C=O) groups is 4. The van der Waals surface area contributed by atoms with Gasteiger partial charge in [-0.25, -0.2) is 9.59 Å². The lowest BCUT2D eigenvalue weighted by Crippen LogP contribution is -2.45. The Balaban J connectivity index is 0.838. The number of rotatable bonds is 13. The molecule has 0 bridgehead atoms. The molecular weight excluding hydrogens is 763 g/mol. The van der Waals surface area contributed by atoms with Gasteiger partial charge in [0.15, 0.2) is 0 Å². The molecule has 4 atom stereocenters. The molecule has 0 saturated heterocycles. The van der Waals surface area contributed by atoms with Crippen LogP contribution in [0.4, 0.5) is 15.3 Å². The van der Waals surface area contributed by atoms with Gasteiger partial charge in [-0.05, 0) is 124 Å². The number of benzene rings is 5. The van der Waals surface area contributed by atoms with Crippen LogP contribution in [0.5, 0.6) is 0 Å².